The van der Waals surface area contributed by atoms with Crippen LogP contribution in [0.4, 0.5) is 0 Å². The molecule has 27 heavy (non-hydrogen) atoms. The van der Waals surface area contributed by atoms with Crippen molar-refractivity contribution in [3.05, 3.63) is 52.8 Å². The number of rotatable bonds is 3. The van der Waals surface area contributed by atoms with Crippen molar-refractivity contribution in [3.8, 4) is 0 Å². The highest BCUT2D eigenvalue weighted by atomic mass is 16.3. The average Bonchev–Trinajstić information content (AvgIpc) is 2.96. The highest BCUT2D eigenvalue weighted by molar-refractivity contribution is 5.94. The molecule has 0 bridgehead atoms. The molecular weight excluding hydrogens is 342 g/mol. The summed E-state index contributed by atoms with van der Waals surface area (Å²) in [6, 6.07) is 10.0. The lowest BCUT2D eigenvalue weighted by Gasteiger charge is -2.17. The number of hydrogen-bond donors (Lipinski definition) is 3. The Balaban J connectivity index is 1.41. The van der Waals surface area contributed by atoms with Gasteiger partial charge in [0.15, 0.2) is 5.69 Å². The van der Waals surface area contributed by atoms with Crippen LogP contribution in [-0.4, -0.2) is 57.0 Å². The minimum atomic E-state index is -0.626. The second-order valence-electron chi connectivity index (χ2n) is 8.23. The number of likely N-dealkylation sites (tertiary alicyclic amines) is 1. The number of benzene rings is 1. The van der Waals surface area contributed by atoms with Crippen LogP contribution in [-0.2, 0) is 12.8 Å². The highest BCUT2D eigenvalue weighted by Crippen LogP contribution is 2.68. The van der Waals surface area contributed by atoms with Gasteiger partial charge in [-0.05, 0) is 43.1 Å². The van der Waals surface area contributed by atoms with E-state index in [0.29, 0.717) is 18.8 Å². The second kappa shape index (κ2) is 6.17. The van der Waals surface area contributed by atoms with Crippen molar-refractivity contribution < 1.29 is 15.0 Å². The normalized spacial score (nSPS) is 31.9. The van der Waals surface area contributed by atoms with Crippen molar-refractivity contribution in [1.29, 1.82) is 0 Å². The first-order valence-corrected chi connectivity index (χ1v) is 9.86. The predicted octanol–water partition coefficient (Wildman–Crippen LogP) is 1.50. The van der Waals surface area contributed by atoms with Crippen molar-refractivity contribution in [3.63, 3.8) is 0 Å². The van der Waals surface area contributed by atoms with Gasteiger partial charge >= 0.3 is 0 Å². The molecule has 2 heterocycles. The van der Waals surface area contributed by atoms with Crippen LogP contribution < -0.4 is 0 Å². The predicted molar refractivity (Wildman–Crippen MR) is 99.3 cm³/mol. The summed E-state index contributed by atoms with van der Waals surface area (Å²) in [5.74, 6) is -0.0221. The summed E-state index contributed by atoms with van der Waals surface area (Å²) in [6.07, 6.45) is 3.43. The highest BCUT2D eigenvalue weighted by Gasteiger charge is 2.71. The molecule has 1 saturated carbocycles. The zero-order valence-electron chi connectivity index (χ0n) is 15.3. The number of aryl methyl sites for hydroxylation is 1. The maximum atomic E-state index is 13.1. The van der Waals surface area contributed by atoms with Gasteiger partial charge < -0.3 is 15.1 Å². The fourth-order valence-electron chi connectivity index (χ4n) is 5.53. The topological polar surface area (TPSA) is 89.5 Å². The first-order valence-electron chi connectivity index (χ1n) is 9.86. The van der Waals surface area contributed by atoms with E-state index in [4.69, 9.17) is 0 Å². The molecule has 1 saturated heterocycles. The number of nitrogens with zero attached hydrogens (tertiary/aromatic N) is 2. The van der Waals surface area contributed by atoms with Crippen LogP contribution in [0.1, 0.15) is 46.1 Å². The number of aliphatic hydroxyl groups is 2. The Labute approximate surface area is 158 Å². The number of nitrogens with one attached hydrogen (secondary N) is 1. The van der Waals surface area contributed by atoms with Crippen molar-refractivity contribution in [2.75, 3.05) is 19.7 Å². The first kappa shape index (κ1) is 17.0. The average molecular weight is 367 g/mol. The van der Waals surface area contributed by atoms with Crippen molar-refractivity contribution in [1.82, 2.24) is 15.1 Å². The molecule has 1 aliphatic heterocycles. The van der Waals surface area contributed by atoms with E-state index in [1.807, 2.05) is 30.3 Å². The molecule has 2 fully saturated rings. The molecule has 6 heteroatoms. The summed E-state index contributed by atoms with van der Waals surface area (Å²) in [7, 11) is 0. The Morgan fingerprint density at radius 3 is 2.81 bits per heavy atom. The number of aromatic amines is 1. The minimum absolute atomic E-state index is 0.0131. The molecule has 6 nitrogen and oxygen atoms in total. The molecule has 3 aliphatic rings. The summed E-state index contributed by atoms with van der Waals surface area (Å²) in [5.41, 5.74) is 3.34. The Kier molecular flexibility index (Phi) is 3.88. The van der Waals surface area contributed by atoms with Gasteiger partial charge in [0.25, 0.3) is 5.91 Å². The fourth-order valence-corrected chi connectivity index (χ4v) is 5.53. The van der Waals surface area contributed by atoms with Crippen LogP contribution in [0.15, 0.2) is 30.3 Å². The third kappa shape index (κ3) is 2.39. The Bertz CT molecular complexity index is 865. The van der Waals surface area contributed by atoms with Crippen molar-refractivity contribution >= 4 is 5.91 Å². The van der Waals surface area contributed by atoms with E-state index in [1.54, 1.807) is 4.90 Å². The van der Waals surface area contributed by atoms with E-state index >= 15 is 0 Å². The summed E-state index contributed by atoms with van der Waals surface area (Å²) < 4.78 is 0. The van der Waals surface area contributed by atoms with Crippen LogP contribution >= 0.6 is 0 Å². The first-order chi connectivity index (χ1) is 13.2. The van der Waals surface area contributed by atoms with E-state index < -0.39 is 11.5 Å². The van der Waals surface area contributed by atoms with Gasteiger partial charge in [-0.25, -0.2) is 0 Å². The molecule has 2 aliphatic carbocycles. The molecular formula is C21H25N3O3. The van der Waals surface area contributed by atoms with Crippen LogP contribution in [0.2, 0.25) is 0 Å². The lowest BCUT2D eigenvalue weighted by atomic mass is 9.95. The molecule has 1 amide bonds. The standard InChI is InChI=1S/C21H25N3O3/c25-11-15-18(13-6-2-1-3-7-13)21(15)12-24(10-17(21)26)20(27)19-14-8-4-5-9-16(14)22-23-19/h1-3,6-7,15,17-18,25-26H,4-5,8-12H2,(H,22,23)/t15-,17+,18-,21-/m1/s1. The molecule has 5 rings (SSSR count). The number of carbonyl (C=O) groups is 1. The van der Waals surface area contributed by atoms with Gasteiger partial charge in [-0.15, -0.1) is 0 Å². The number of amides is 1. The summed E-state index contributed by atoms with van der Waals surface area (Å²) >= 11 is 0. The molecule has 2 aromatic rings. The molecule has 4 atom stereocenters. The molecule has 1 aromatic carbocycles. The summed E-state index contributed by atoms with van der Waals surface area (Å²) in [6.45, 7) is 0.802. The Morgan fingerprint density at radius 2 is 2.04 bits per heavy atom. The maximum Gasteiger partial charge on any atom is 0.274 e. The number of fused-ring (bicyclic) bond motifs is 1. The molecule has 3 N–H and O–H groups in total. The number of aromatic nitrogens is 2. The zero-order valence-corrected chi connectivity index (χ0v) is 15.3. The molecule has 0 unspecified atom stereocenters. The van der Waals surface area contributed by atoms with Gasteiger partial charge in [-0.1, -0.05) is 30.3 Å². The lowest BCUT2D eigenvalue weighted by Crippen LogP contribution is -2.31. The molecule has 1 spiro atoms. The largest absolute Gasteiger partial charge is 0.396 e. The number of β-amino-alcohol motifs (C(OH)–C–C–N with tert-alkyl or cyclic N) is 1. The summed E-state index contributed by atoms with van der Waals surface area (Å²) in [4.78, 5) is 14.9. The molecule has 1 aromatic heterocycles. The quantitative estimate of drug-likeness (QED) is 0.767. The lowest BCUT2D eigenvalue weighted by molar-refractivity contribution is 0.0757. The third-order valence-corrected chi connectivity index (χ3v) is 6.94. The third-order valence-electron chi connectivity index (χ3n) is 6.94. The van der Waals surface area contributed by atoms with E-state index in [0.717, 1.165) is 42.5 Å². The number of carbonyl (C=O) groups excluding carboxylic acids is 1. The van der Waals surface area contributed by atoms with E-state index in [-0.39, 0.29) is 24.3 Å². The van der Waals surface area contributed by atoms with Crippen LogP contribution in [0, 0.1) is 11.3 Å². The van der Waals surface area contributed by atoms with Gasteiger partial charge in [0, 0.05) is 36.4 Å². The fraction of sp³-hybridized carbons (Fsp3) is 0.524. The molecule has 0 radical (unpaired) electrons. The van der Waals surface area contributed by atoms with Crippen LogP contribution in [0.25, 0.3) is 0 Å². The Morgan fingerprint density at radius 1 is 1.26 bits per heavy atom. The zero-order chi connectivity index (χ0) is 18.6. The SMILES string of the molecule is O=C(c1n[nH]c2c1CCCC2)N1C[C@H](O)[C@@]2(C1)[C@H](CO)[C@H]2c1ccccc1. The van der Waals surface area contributed by atoms with Gasteiger partial charge in [-0.3, -0.25) is 9.89 Å². The minimum Gasteiger partial charge on any atom is -0.396 e. The van der Waals surface area contributed by atoms with Crippen molar-refractivity contribution in [2.24, 2.45) is 11.3 Å². The number of H-pyrrole nitrogens is 1. The Hall–Kier alpha value is -2.18. The molecule has 142 valence electrons. The van der Waals surface area contributed by atoms with Crippen LogP contribution in [0.3, 0.4) is 0 Å². The number of hydrogen-bond acceptors (Lipinski definition) is 4. The van der Waals surface area contributed by atoms with E-state index in [2.05, 4.69) is 10.2 Å². The van der Waals surface area contributed by atoms with Crippen molar-refractivity contribution in [2.45, 2.75) is 37.7 Å². The van der Waals surface area contributed by atoms with Crippen LogP contribution in [0.5, 0.6) is 0 Å². The van der Waals surface area contributed by atoms with E-state index in [9.17, 15) is 15.0 Å². The number of aliphatic hydroxyl groups excluding tert-OH is 2. The van der Waals surface area contributed by atoms with Gasteiger partial charge in [0.1, 0.15) is 0 Å². The van der Waals surface area contributed by atoms with E-state index in [1.165, 1.54) is 0 Å². The van der Waals surface area contributed by atoms with Gasteiger partial charge in [0.05, 0.1) is 6.10 Å². The van der Waals surface area contributed by atoms with Gasteiger partial charge in [-0.2, -0.15) is 5.10 Å². The monoisotopic (exact) mass is 367 g/mol. The maximum absolute atomic E-state index is 13.1. The van der Waals surface area contributed by atoms with Gasteiger partial charge in [0.2, 0.25) is 0 Å². The second-order valence-corrected chi connectivity index (χ2v) is 8.23. The summed E-state index contributed by atoms with van der Waals surface area (Å²) in [5, 5.41) is 28.1. The smallest absolute Gasteiger partial charge is 0.274 e.